The highest BCUT2D eigenvalue weighted by Crippen LogP contribution is 2.28. The van der Waals surface area contributed by atoms with E-state index in [2.05, 4.69) is 10.0 Å². The van der Waals surface area contributed by atoms with Gasteiger partial charge in [-0.2, -0.15) is 0 Å². The normalized spacial score (nSPS) is 29.4. The van der Waals surface area contributed by atoms with Crippen molar-refractivity contribution in [1.82, 2.24) is 0 Å². The lowest BCUT2D eigenvalue weighted by molar-refractivity contribution is 0.285. The molecule has 2 N–H and O–H groups in total. The molecule has 1 aliphatic carbocycles. The Morgan fingerprint density at radius 3 is 2.33 bits per heavy atom. The van der Waals surface area contributed by atoms with Crippen LogP contribution in [-0.2, 0) is 0 Å². The summed E-state index contributed by atoms with van der Waals surface area (Å²) in [6.45, 7) is 1.49. The van der Waals surface area contributed by atoms with Gasteiger partial charge in [0.25, 0.3) is 0 Å². The van der Waals surface area contributed by atoms with Crippen LogP contribution in [0.1, 0.15) is 25.7 Å². The highest BCUT2D eigenvalue weighted by Gasteiger charge is 2.18. The molecule has 0 bridgehead atoms. The van der Waals surface area contributed by atoms with Crippen molar-refractivity contribution >= 4 is 0 Å². The Morgan fingerprint density at radius 2 is 1.83 bits per heavy atom. The average molecular weight is 168 g/mol. The van der Waals surface area contributed by atoms with Gasteiger partial charge in [0.05, 0.1) is 0 Å². The maximum absolute atomic E-state index is 8.13. The lowest BCUT2D eigenvalue weighted by Gasteiger charge is -2.26. The van der Waals surface area contributed by atoms with Gasteiger partial charge in [-0.25, -0.2) is 0 Å². The highest BCUT2D eigenvalue weighted by atomic mass is 15.1. The molecule has 0 aromatic rings. The number of azide groups is 1. The second-order valence-electron chi connectivity index (χ2n) is 3.54. The van der Waals surface area contributed by atoms with E-state index in [1.54, 1.807) is 0 Å². The summed E-state index contributed by atoms with van der Waals surface area (Å²) in [4.78, 5) is 2.77. The summed E-state index contributed by atoms with van der Waals surface area (Å²) >= 11 is 0. The van der Waals surface area contributed by atoms with Gasteiger partial charge in [0.1, 0.15) is 0 Å². The monoisotopic (exact) mass is 168 g/mol. The van der Waals surface area contributed by atoms with Crippen molar-refractivity contribution in [2.75, 3.05) is 13.1 Å². The van der Waals surface area contributed by atoms with Crippen LogP contribution >= 0.6 is 0 Å². The molecule has 4 heteroatoms. The van der Waals surface area contributed by atoms with Crippen LogP contribution < -0.4 is 5.73 Å². The Balaban J connectivity index is 2.21. The van der Waals surface area contributed by atoms with Crippen LogP contribution in [0.15, 0.2) is 5.11 Å². The third kappa shape index (κ3) is 2.72. The summed E-state index contributed by atoms with van der Waals surface area (Å²) < 4.78 is 0. The molecule has 0 radical (unpaired) electrons. The molecule has 0 amide bonds. The molecule has 1 aliphatic rings. The first kappa shape index (κ1) is 9.36. The van der Waals surface area contributed by atoms with E-state index >= 15 is 0 Å². The van der Waals surface area contributed by atoms with E-state index in [4.69, 9.17) is 11.3 Å². The van der Waals surface area contributed by atoms with Crippen LogP contribution in [0, 0.1) is 11.8 Å². The fourth-order valence-corrected chi connectivity index (χ4v) is 1.80. The average Bonchev–Trinajstić information content (AvgIpc) is 2.15. The lowest BCUT2D eigenvalue weighted by Crippen LogP contribution is -2.22. The molecule has 12 heavy (non-hydrogen) atoms. The van der Waals surface area contributed by atoms with E-state index in [9.17, 15) is 0 Å². The summed E-state index contributed by atoms with van der Waals surface area (Å²) in [5.41, 5.74) is 13.7. The minimum absolute atomic E-state index is 0.615. The van der Waals surface area contributed by atoms with E-state index in [0.717, 1.165) is 6.54 Å². The SMILES string of the molecule is [N-]=[N+]=NCC1CCC(CN)CC1. The van der Waals surface area contributed by atoms with Gasteiger partial charge in [-0.15, -0.1) is 0 Å². The maximum atomic E-state index is 8.13. The van der Waals surface area contributed by atoms with Gasteiger partial charge < -0.3 is 5.73 Å². The standard InChI is InChI=1S/C8H16N4/c9-5-7-1-3-8(4-2-7)6-11-12-10/h7-8H,1-6,9H2. The van der Waals surface area contributed by atoms with Crippen LogP contribution in [0.2, 0.25) is 0 Å². The molecule has 0 saturated heterocycles. The molecule has 0 heterocycles. The quantitative estimate of drug-likeness (QED) is 0.391. The molecule has 0 unspecified atom stereocenters. The second-order valence-corrected chi connectivity index (χ2v) is 3.54. The van der Waals surface area contributed by atoms with Crippen LogP contribution in [0.25, 0.3) is 10.4 Å². The Kier molecular flexibility index (Phi) is 3.91. The molecular weight excluding hydrogens is 152 g/mol. The van der Waals surface area contributed by atoms with Gasteiger partial charge >= 0.3 is 0 Å². The Labute approximate surface area is 72.8 Å². The molecule has 0 aliphatic heterocycles. The molecule has 0 aromatic carbocycles. The Hall–Kier alpha value is -0.730. The Bertz CT molecular complexity index is 166. The van der Waals surface area contributed by atoms with Gasteiger partial charge in [-0.05, 0) is 36.8 Å². The topological polar surface area (TPSA) is 74.8 Å². The van der Waals surface area contributed by atoms with Crippen molar-refractivity contribution in [3.05, 3.63) is 10.4 Å². The number of nitrogens with zero attached hydrogens (tertiary/aromatic N) is 3. The first-order valence-electron chi connectivity index (χ1n) is 4.57. The van der Waals surface area contributed by atoms with Gasteiger partial charge in [-0.3, -0.25) is 0 Å². The molecule has 1 rings (SSSR count). The molecule has 68 valence electrons. The van der Waals surface area contributed by atoms with Crippen molar-refractivity contribution in [3.63, 3.8) is 0 Å². The fourth-order valence-electron chi connectivity index (χ4n) is 1.80. The Morgan fingerprint density at radius 1 is 1.25 bits per heavy atom. The van der Waals surface area contributed by atoms with Gasteiger partial charge in [0.2, 0.25) is 0 Å². The zero-order chi connectivity index (χ0) is 8.81. The third-order valence-electron chi connectivity index (χ3n) is 2.70. The third-order valence-corrected chi connectivity index (χ3v) is 2.70. The van der Waals surface area contributed by atoms with Crippen molar-refractivity contribution in [2.45, 2.75) is 25.7 Å². The van der Waals surface area contributed by atoms with E-state index in [-0.39, 0.29) is 0 Å². The molecule has 1 fully saturated rings. The van der Waals surface area contributed by atoms with Crippen LogP contribution in [0.5, 0.6) is 0 Å². The predicted molar refractivity (Wildman–Crippen MR) is 48.5 cm³/mol. The fraction of sp³-hybridized carbons (Fsp3) is 1.00. The molecule has 0 aromatic heterocycles. The predicted octanol–water partition coefficient (Wildman–Crippen LogP) is 2.06. The van der Waals surface area contributed by atoms with Crippen LogP contribution in [0.4, 0.5) is 0 Å². The smallest absolute Gasteiger partial charge is 0.0286 e. The van der Waals surface area contributed by atoms with Gasteiger partial charge in [-0.1, -0.05) is 18.0 Å². The molecule has 1 saturated carbocycles. The minimum atomic E-state index is 0.615. The summed E-state index contributed by atoms with van der Waals surface area (Å²) in [6.07, 6.45) is 4.78. The first-order valence-corrected chi connectivity index (χ1v) is 4.57. The number of rotatable bonds is 3. The summed E-state index contributed by atoms with van der Waals surface area (Å²) in [6, 6.07) is 0. The van der Waals surface area contributed by atoms with Crippen molar-refractivity contribution in [1.29, 1.82) is 0 Å². The van der Waals surface area contributed by atoms with Crippen LogP contribution in [-0.4, -0.2) is 13.1 Å². The first-order chi connectivity index (χ1) is 5.86. The van der Waals surface area contributed by atoms with Gasteiger partial charge in [0, 0.05) is 11.5 Å². The highest BCUT2D eigenvalue weighted by molar-refractivity contribution is 4.74. The largest absolute Gasteiger partial charge is 0.330 e. The molecule has 0 atom stereocenters. The van der Waals surface area contributed by atoms with Crippen LogP contribution in [0.3, 0.4) is 0 Å². The minimum Gasteiger partial charge on any atom is -0.330 e. The van der Waals surface area contributed by atoms with E-state index in [1.807, 2.05) is 0 Å². The second kappa shape index (κ2) is 5.01. The molecular formula is C8H16N4. The van der Waals surface area contributed by atoms with E-state index in [1.165, 1.54) is 25.7 Å². The van der Waals surface area contributed by atoms with Crippen molar-refractivity contribution in [2.24, 2.45) is 22.7 Å². The lowest BCUT2D eigenvalue weighted by atomic mass is 9.82. The van der Waals surface area contributed by atoms with Crippen molar-refractivity contribution < 1.29 is 0 Å². The van der Waals surface area contributed by atoms with E-state index in [0.29, 0.717) is 18.4 Å². The summed E-state index contributed by atoms with van der Waals surface area (Å²) in [5.74, 6) is 1.33. The summed E-state index contributed by atoms with van der Waals surface area (Å²) in [7, 11) is 0. The van der Waals surface area contributed by atoms with E-state index < -0.39 is 0 Å². The number of nitrogens with two attached hydrogens (primary N) is 1. The summed E-state index contributed by atoms with van der Waals surface area (Å²) in [5, 5.41) is 3.60. The van der Waals surface area contributed by atoms with Crippen molar-refractivity contribution in [3.8, 4) is 0 Å². The maximum Gasteiger partial charge on any atom is 0.0286 e. The zero-order valence-electron chi connectivity index (χ0n) is 7.32. The number of hydrogen-bond donors (Lipinski definition) is 1. The van der Waals surface area contributed by atoms with Gasteiger partial charge in [0.15, 0.2) is 0 Å². The number of hydrogen-bond acceptors (Lipinski definition) is 2. The zero-order valence-corrected chi connectivity index (χ0v) is 7.32. The molecule has 4 nitrogen and oxygen atoms in total. The molecule has 0 spiro atoms.